The van der Waals surface area contributed by atoms with Crippen LogP contribution in [0.25, 0.3) is 0 Å². The molecule has 0 unspecified atom stereocenters. The van der Waals surface area contributed by atoms with Crippen molar-refractivity contribution >= 4 is 11.8 Å². The van der Waals surface area contributed by atoms with Gasteiger partial charge in [0.25, 0.3) is 0 Å². The number of carbonyl (C=O) groups is 2. The fraction of sp³-hybridized carbons (Fsp3) is 0.700. The molecule has 0 amide bonds. The highest BCUT2D eigenvalue weighted by Crippen LogP contribution is 2.56. The summed E-state index contributed by atoms with van der Waals surface area (Å²) in [5.74, 6) is -0.729. The van der Waals surface area contributed by atoms with Crippen LogP contribution >= 0.6 is 0 Å². The molecule has 2 aliphatic carbocycles. The van der Waals surface area contributed by atoms with Crippen LogP contribution in [0.15, 0.2) is 23.3 Å². The van der Waals surface area contributed by atoms with Crippen LogP contribution in [-0.4, -0.2) is 28.6 Å². The van der Waals surface area contributed by atoms with Crippen molar-refractivity contribution in [2.24, 2.45) is 17.3 Å². The Morgan fingerprint density at radius 2 is 2.04 bits per heavy atom. The van der Waals surface area contributed by atoms with Crippen molar-refractivity contribution in [3.05, 3.63) is 23.3 Å². The van der Waals surface area contributed by atoms with Crippen molar-refractivity contribution in [2.45, 2.75) is 72.5 Å². The van der Waals surface area contributed by atoms with Crippen molar-refractivity contribution < 1.29 is 19.4 Å². The zero-order valence-corrected chi connectivity index (χ0v) is 15.7. The number of fused-ring (bicyclic) bond motifs is 1. The molecule has 0 heterocycles. The van der Waals surface area contributed by atoms with Crippen molar-refractivity contribution in [1.29, 1.82) is 0 Å². The van der Waals surface area contributed by atoms with E-state index in [4.69, 9.17) is 4.74 Å². The van der Waals surface area contributed by atoms with E-state index in [1.54, 1.807) is 26.0 Å². The van der Waals surface area contributed by atoms with Crippen molar-refractivity contribution in [1.82, 2.24) is 0 Å². The zero-order chi connectivity index (χ0) is 18.3. The molecule has 0 aromatic rings. The van der Waals surface area contributed by atoms with E-state index in [1.807, 2.05) is 27.7 Å². The molecule has 2 aliphatic rings. The van der Waals surface area contributed by atoms with Crippen LogP contribution < -0.4 is 0 Å². The molecule has 134 valence electrons. The molecule has 24 heavy (non-hydrogen) atoms. The fourth-order valence-corrected chi connectivity index (χ4v) is 4.32. The maximum absolute atomic E-state index is 12.8. The first-order valence-corrected chi connectivity index (χ1v) is 8.84. The van der Waals surface area contributed by atoms with Crippen LogP contribution in [0, 0.1) is 17.3 Å². The summed E-state index contributed by atoms with van der Waals surface area (Å²) in [5, 5.41) is 11.4. The van der Waals surface area contributed by atoms with Gasteiger partial charge in [0, 0.05) is 23.3 Å². The molecule has 0 spiro atoms. The maximum Gasteiger partial charge on any atom is 0.333 e. The SMILES string of the molecule is C/C=C(/C)C(=O)O[C@H]1CC(C)=CC(=O)[C@@]2(C)CC[C@](O)(C(C)C)[C@H]12. The molecule has 2 rings (SSSR count). The molecule has 0 bridgehead atoms. The molecule has 4 nitrogen and oxygen atoms in total. The number of aliphatic hydroxyl groups is 1. The van der Waals surface area contributed by atoms with Crippen LogP contribution in [0.1, 0.15) is 60.8 Å². The Morgan fingerprint density at radius 1 is 1.42 bits per heavy atom. The zero-order valence-electron chi connectivity index (χ0n) is 15.7. The maximum atomic E-state index is 12.8. The summed E-state index contributed by atoms with van der Waals surface area (Å²) in [6.45, 7) is 11.3. The predicted octanol–water partition coefficient (Wildman–Crippen LogP) is 3.59. The molecule has 4 heteroatoms. The molecule has 4 atom stereocenters. The number of ether oxygens (including phenoxy) is 1. The molecule has 1 N–H and O–H groups in total. The molecule has 1 fully saturated rings. The number of esters is 1. The lowest BCUT2D eigenvalue weighted by atomic mass is 9.67. The van der Waals surface area contributed by atoms with Gasteiger partial charge < -0.3 is 9.84 Å². The third kappa shape index (κ3) is 2.97. The van der Waals surface area contributed by atoms with E-state index < -0.39 is 17.1 Å². The van der Waals surface area contributed by atoms with Gasteiger partial charge in [-0.1, -0.05) is 32.4 Å². The average Bonchev–Trinajstić information content (AvgIpc) is 2.74. The molecule has 0 radical (unpaired) electrons. The highest BCUT2D eigenvalue weighted by atomic mass is 16.5. The van der Waals surface area contributed by atoms with Crippen molar-refractivity contribution in [2.75, 3.05) is 0 Å². The highest BCUT2D eigenvalue weighted by molar-refractivity contribution is 5.96. The Kier molecular flexibility index (Phi) is 5.10. The second-order valence-electron chi connectivity index (χ2n) is 8.02. The summed E-state index contributed by atoms with van der Waals surface area (Å²) in [7, 11) is 0. The Balaban J connectivity index is 2.48. The van der Waals surface area contributed by atoms with Gasteiger partial charge in [0.05, 0.1) is 5.60 Å². The summed E-state index contributed by atoms with van der Waals surface area (Å²) < 4.78 is 5.81. The Labute approximate surface area is 145 Å². The molecule has 0 aliphatic heterocycles. The van der Waals surface area contributed by atoms with Gasteiger partial charge >= 0.3 is 5.97 Å². The fourth-order valence-electron chi connectivity index (χ4n) is 4.32. The van der Waals surface area contributed by atoms with E-state index in [1.165, 1.54) is 0 Å². The van der Waals surface area contributed by atoms with Crippen molar-refractivity contribution in [3.63, 3.8) is 0 Å². The summed E-state index contributed by atoms with van der Waals surface area (Å²) >= 11 is 0. The van der Waals surface area contributed by atoms with E-state index in [-0.39, 0.29) is 23.6 Å². The number of ketones is 1. The molecular formula is C20H30O4. The number of hydrogen-bond donors (Lipinski definition) is 1. The lowest BCUT2D eigenvalue weighted by molar-refractivity contribution is -0.164. The minimum atomic E-state index is -1.00. The molecule has 0 aromatic carbocycles. The standard InChI is InChI=1S/C20H30O4/c1-7-14(5)18(22)24-15-10-13(4)11-16(21)19(6)8-9-20(23,12(2)3)17(15)19/h7,11-12,15,17,23H,8-10H2,1-6H3/b14-7-/t15-,17+,19+,20-/m0/s1. The molecule has 0 saturated heterocycles. The van der Waals surface area contributed by atoms with Crippen LogP contribution in [0.4, 0.5) is 0 Å². The number of carbonyl (C=O) groups excluding carboxylic acids is 2. The van der Waals surface area contributed by atoms with Crippen LogP contribution in [0.3, 0.4) is 0 Å². The normalized spacial score (nSPS) is 37.1. The van der Waals surface area contributed by atoms with E-state index >= 15 is 0 Å². The molecule has 1 saturated carbocycles. The van der Waals surface area contributed by atoms with Gasteiger partial charge in [-0.05, 0) is 45.6 Å². The van der Waals surface area contributed by atoms with E-state index in [0.717, 1.165) is 5.57 Å². The minimum absolute atomic E-state index is 0.0143. The van der Waals surface area contributed by atoms with Crippen molar-refractivity contribution in [3.8, 4) is 0 Å². The third-order valence-electron chi connectivity index (χ3n) is 6.12. The van der Waals surface area contributed by atoms with Gasteiger partial charge in [0.1, 0.15) is 6.10 Å². The lowest BCUT2D eigenvalue weighted by Crippen LogP contribution is -2.52. The van der Waals surface area contributed by atoms with Crippen LogP contribution in [-0.2, 0) is 14.3 Å². The van der Waals surface area contributed by atoms with Gasteiger partial charge in [0.2, 0.25) is 0 Å². The Morgan fingerprint density at radius 3 is 2.58 bits per heavy atom. The monoisotopic (exact) mass is 334 g/mol. The van der Waals surface area contributed by atoms with Gasteiger partial charge in [0.15, 0.2) is 5.78 Å². The summed E-state index contributed by atoms with van der Waals surface area (Å²) in [6.07, 6.45) is 4.57. The molecule has 0 aromatic heterocycles. The number of rotatable bonds is 3. The first-order chi connectivity index (χ1) is 11.1. The van der Waals surface area contributed by atoms with Crippen LogP contribution in [0.2, 0.25) is 0 Å². The smallest absolute Gasteiger partial charge is 0.333 e. The quantitative estimate of drug-likeness (QED) is 0.633. The Bertz CT molecular complexity index is 601. The van der Waals surface area contributed by atoms with Gasteiger partial charge in [-0.2, -0.15) is 0 Å². The highest BCUT2D eigenvalue weighted by Gasteiger charge is 2.62. The van der Waals surface area contributed by atoms with E-state index in [0.29, 0.717) is 24.8 Å². The van der Waals surface area contributed by atoms with E-state index in [9.17, 15) is 14.7 Å². The molecular weight excluding hydrogens is 304 g/mol. The minimum Gasteiger partial charge on any atom is -0.458 e. The van der Waals surface area contributed by atoms with Gasteiger partial charge in [-0.3, -0.25) is 4.79 Å². The second kappa shape index (κ2) is 6.47. The van der Waals surface area contributed by atoms with Gasteiger partial charge in [-0.15, -0.1) is 0 Å². The first-order valence-electron chi connectivity index (χ1n) is 8.84. The average molecular weight is 334 g/mol. The van der Waals surface area contributed by atoms with Gasteiger partial charge in [-0.25, -0.2) is 4.79 Å². The largest absolute Gasteiger partial charge is 0.458 e. The Hall–Kier alpha value is -1.42. The lowest BCUT2D eigenvalue weighted by Gasteiger charge is -2.42. The summed E-state index contributed by atoms with van der Waals surface area (Å²) in [5.41, 5.74) is -0.249. The number of hydrogen-bond acceptors (Lipinski definition) is 4. The topological polar surface area (TPSA) is 63.6 Å². The van der Waals surface area contributed by atoms with E-state index in [2.05, 4.69) is 0 Å². The van der Waals surface area contributed by atoms with Crippen LogP contribution in [0.5, 0.6) is 0 Å². The second-order valence-corrected chi connectivity index (χ2v) is 8.02. The third-order valence-corrected chi connectivity index (χ3v) is 6.12. The first kappa shape index (κ1) is 18.9. The summed E-state index contributed by atoms with van der Waals surface area (Å²) in [6, 6.07) is 0. The predicted molar refractivity (Wildman–Crippen MR) is 93.3 cm³/mol. The number of allylic oxidation sites excluding steroid dienone is 2. The summed E-state index contributed by atoms with van der Waals surface area (Å²) in [4.78, 5) is 25.2.